The van der Waals surface area contributed by atoms with Gasteiger partial charge in [-0.05, 0) is 38.1 Å². The first-order valence-corrected chi connectivity index (χ1v) is 9.91. The summed E-state index contributed by atoms with van der Waals surface area (Å²) >= 11 is 1.39. The predicted molar refractivity (Wildman–Crippen MR) is 112 cm³/mol. The smallest absolute Gasteiger partial charge is 0.237 e. The Labute approximate surface area is 168 Å². The Morgan fingerprint density at radius 2 is 1.89 bits per heavy atom. The fraction of sp³-hybridized carbons (Fsp3) is 0.286. The van der Waals surface area contributed by atoms with Crippen LogP contribution in [0.5, 0.6) is 0 Å². The number of nitrogens with one attached hydrogen (secondary N) is 1. The number of hydrogen-bond donors (Lipinski definition) is 1. The van der Waals surface area contributed by atoms with Gasteiger partial charge in [-0.3, -0.25) is 9.59 Å². The molecule has 0 bridgehead atoms. The summed E-state index contributed by atoms with van der Waals surface area (Å²) in [7, 11) is 1.66. The molecule has 3 aromatic rings. The molecule has 6 nitrogen and oxygen atoms in total. The zero-order valence-corrected chi connectivity index (χ0v) is 17.0. The first-order valence-electron chi connectivity index (χ1n) is 9.03. The molecule has 146 valence electrons. The molecule has 0 saturated carbocycles. The Hall–Kier alpha value is -2.64. The molecule has 1 unspecified atom stereocenters. The van der Waals surface area contributed by atoms with Crippen LogP contribution in [0.4, 0.5) is 5.69 Å². The number of ether oxygens (including phenoxy) is 1. The summed E-state index contributed by atoms with van der Waals surface area (Å²) in [5.41, 5.74) is 2.92. The van der Waals surface area contributed by atoms with Gasteiger partial charge in [0.1, 0.15) is 0 Å². The van der Waals surface area contributed by atoms with E-state index in [4.69, 9.17) is 4.74 Å². The Morgan fingerprint density at radius 3 is 2.64 bits per heavy atom. The second kappa shape index (κ2) is 9.03. The van der Waals surface area contributed by atoms with E-state index >= 15 is 0 Å². The molecule has 3 rings (SSSR count). The number of aromatic nitrogens is 2. The number of imidazole rings is 1. The first kappa shape index (κ1) is 20.1. The van der Waals surface area contributed by atoms with Crippen LogP contribution in [0.1, 0.15) is 24.2 Å². The molecule has 0 radical (unpaired) electrons. The van der Waals surface area contributed by atoms with E-state index in [1.165, 1.54) is 18.7 Å². The average molecular weight is 398 g/mol. The van der Waals surface area contributed by atoms with Crippen molar-refractivity contribution in [3.8, 4) is 0 Å². The Morgan fingerprint density at radius 1 is 1.18 bits per heavy atom. The van der Waals surface area contributed by atoms with Crippen LogP contribution in [-0.2, 0) is 16.1 Å². The van der Waals surface area contributed by atoms with Crippen molar-refractivity contribution in [2.75, 3.05) is 19.0 Å². The van der Waals surface area contributed by atoms with Crippen molar-refractivity contribution in [2.24, 2.45) is 0 Å². The first-order chi connectivity index (χ1) is 13.5. The molecular formula is C21H23N3O3S. The highest BCUT2D eigenvalue weighted by molar-refractivity contribution is 8.00. The number of amides is 1. The molecule has 0 spiro atoms. The number of hydrogen-bond acceptors (Lipinski definition) is 5. The number of nitrogens with zero attached hydrogens (tertiary/aromatic N) is 2. The molecule has 0 saturated heterocycles. The molecule has 0 aliphatic heterocycles. The highest BCUT2D eigenvalue weighted by atomic mass is 32.2. The lowest BCUT2D eigenvalue weighted by atomic mass is 10.1. The molecule has 0 aliphatic rings. The van der Waals surface area contributed by atoms with Crippen molar-refractivity contribution in [1.82, 2.24) is 9.55 Å². The van der Waals surface area contributed by atoms with E-state index in [0.717, 1.165) is 16.2 Å². The molecule has 1 atom stereocenters. The van der Waals surface area contributed by atoms with Crippen molar-refractivity contribution in [2.45, 2.75) is 30.8 Å². The van der Waals surface area contributed by atoms with Crippen molar-refractivity contribution >= 4 is 40.2 Å². The summed E-state index contributed by atoms with van der Waals surface area (Å²) in [4.78, 5) is 29.2. The molecule has 0 aliphatic carbocycles. The van der Waals surface area contributed by atoms with E-state index in [-0.39, 0.29) is 11.7 Å². The number of fused-ring (bicyclic) bond motifs is 1. The summed E-state index contributed by atoms with van der Waals surface area (Å²) in [5, 5.41) is 3.24. The maximum atomic E-state index is 12.7. The van der Waals surface area contributed by atoms with Gasteiger partial charge in [-0.15, -0.1) is 0 Å². The third-order valence-corrected chi connectivity index (χ3v) is 5.44. The van der Waals surface area contributed by atoms with Gasteiger partial charge in [0.15, 0.2) is 10.9 Å². The van der Waals surface area contributed by atoms with E-state index in [2.05, 4.69) is 14.9 Å². The normalized spacial score (nSPS) is 12.1. The lowest BCUT2D eigenvalue weighted by Gasteiger charge is -2.14. The highest BCUT2D eigenvalue weighted by Crippen LogP contribution is 2.28. The topological polar surface area (TPSA) is 73.2 Å². The van der Waals surface area contributed by atoms with Gasteiger partial charge >= 0.3 is 0 Å². The number of Topliss-reactive ketones (excluding diaryl/α,β-unsaturated/α-hetero) is 1. The third kappa shape index (κ3) is 4.43. The number of anilines is 1. The zero-order chi connectivity index (χ0) is 20.1. The van der Waals surface area contributed by atoms with Crippen molar-refractivity contribution < 1.29 is 14.3 Å². The average Bonchev–Trinajstić information content (AvgIpc) is 3.03. The van der Waals surface area contributed by atoms with Gasteiger partial charge in [0.25, 0.3) is 0 Å². The van der Waals surface area contributed by atoms with Gasteiger partial charge in [0, 0.05) is 19.2 Å². The third-order valence-electron chi connectivity index (χ3n) is 4.35. The van der Waals surface area contributed by atoms with Gasteiger partial charge in [-0.2, -0.15) is 0 Å². The van der Waals surface area contributed by atoms with E-state index in [1.54, 1.807) is 31.4 Å². The molecule has 1 heterocycles. The second-order valence-corrected chi connectivity index (χ2v) is 7.69. The summed E-state index contributed by atoms with van der Waals surface area (Å²) in [6, 6.07) is 14.9. The van der Waals surface area contributed by atoms with Crippen LogP contribution in [0, 0.1) is 0 Å². The van der Waals surface area contributed by atoms with E-state index < -0.39 is 5.25 Å². The Bertz CT molecular complexity index is 999. The van der Waals surface area contributed by atoms with Crippen LogP contribution in [0.25, 0.3) is 11.0 Å². The molecule has 7 heteroatoms. The molecule has 2 aromatic carbocycles. The summed E-state index contributed by atoms with van der Waals surface area (Å²) in [5.74, 6) is -0.262. The number of rotatable bonds is 8. The van der Waals surface area contributed by atoms with Crippen LogP contribution in [-0.4, -0.2) is 40.2 Å². The number of carbonyl (C=O) groups excluding carboxylic acids is 2. The van der Waals surface area contributed by atoms with Crippen LogP contribution in [0.3, 0.4) is 0 Å². The number of carbonyl (C=O) groups is 2. The fourth-order valence-corrected chi connectivity index (χ4v) is 3.84. The monoisotopic (exact) mass is 397 g/mol. The summed E-state index contributed by atoms with van der Waals surface area (Å²) < 4.78 is 7.28. The Kier molecular flexibility index (Phi) is 6.49. The van der Waals surface area contributed by atoms with Gasteiger partial charge in [0.2, 0.25) is 5.91 Å². The number of thioether (sulfide) groups is 1. The maximum Gasteiger partial charge on any atom is 0.237 e. The van der Waals surface area contributed by atoms with Gasteiger partial charge in [-0.25, -0.2) is 4.98 Å². The largest absolute Gasteiger partial charge is 0.383 e. The minimum absolute atomic E-state index is 0.0856. The Balaban J connectivity index is 1.80. The van der Waals surface area contributed by atoms with Crippen molar-refractivity contribution in [3.63, 3.8) is 0 Å². The second-order valence-electron chi connectivity index (χ2n) is 6.38. The quantitative estimate of drug-likeness (QED) is 0.459. The molecule has 1 N–H and O–H groups in total. The zero-order valence-electron chi connectivity index (χ0n) is 16.1. The minimum atomic E-state index is -0.391. The van der Waals surface area contributed by atoms with Crippen LogP contribution < -0.4 is 5.32 Å². The predicted octanol–water partition coefficient (Wildman–Crippen LogP) is 4.00. The number of para-hydroxylation sites is 3. The molecular weight excluding hydrogens is 374 g/mol. The van der Waals surface area contributed by atoms with Gasteiger partial charge < -0.3 is 14.6 Å². The molecule has 1 aromatic heterocycles. The standard InChI is InChI=1S/C21H23N3O3S/c1-14(25)16-8-4-5-9-17(16)22-20(26)15(2)28-21-23-18-10-6-7-11-19(18)24(21)12-13-27-3/h4-11,15H,12-13H2,1-3H3,(H,22,26). The molecule has 28 heavy (non-hydrogen) atoms. The van der Waals surface area contributed by atoms with Crippen LogP contribution in [0.15, 0.2) is 53.7 Å². The molecule has 0 fully saturated rings. The van der Waals surface area contributed by atoms with E-state index in [0.29, 0.717) is 24.4 Å². The lowest BCUT2D eigenvalue weighted by Crippen LogP contribution is -2.24. The van der Waals surface area contributed by atoms with Crippen molar-refractivity contribution in [3.05, 3.63) is 54.1 Å². The number of methoxy groups -OCH3 is 1. The number of benzene rings is 2. The van der Waals surface area contributed by atoms with E-state index in [9.17, 15) is 9.59 Å². The summed E-state index contributed by atoms with van der Waals surface area (Å²) in [6.07, 6.45) is 0. The maximum absolute atomic E-state index is 12.7. The summed E-state index contributed by atoms with van der Waals surface area (Å²) in [6.45, 7) is 4.53. The minimum Gasteiger partial charge on any atom is -0.383 e. The molecule has 1 amide bonds. The SMILES string of the molecule is COCCn1c(SC(C)C(=O)Nc2ccccc2C(C)=O)nc2ccccc21. The number of ketones is 1. The highest BCUT2D eigenvalue weighted by Gasteiger charge is 2.20. The van der Waals surface area contributed by atoms with Gasteiger partial charge in [-0.1, -0.05) is 36.0 Å². The van der Waals surface area contributed by atoms with Crippen LogP contribution >= 0.6 is 11.8 Å². The van der Waals surface area contributed by atoms with Crippen LogP contribution in [0.2, 0.25) is 0 Å². The van der Waals surface area contributed by atoms with Gasteiger partial charge in [0.05, 0.1) is 28.6 Å². The fourth-order valence-electron chi connectivity index (χ4n) is 2.89. The van der Waals surface area contributed by atoms with E-state index in [1.807, 2.05) is 31.2 Å². The van der Waals surface area contributed by atoms with Crippen molar-refractivity contribution in [1.29, 1.82) is 0 Å². The lowest BCUT2D eigenvalue weighted by molar-refractivity contribution is -0.115.